The van der Waals surface area contributed by atoms with Gasteiger partial charge in [-0.3, -0.25) is 9.80 Å². The molecule has 0 amide bonds. The molecule has 0 spiro atoms. The second-order valence-electron chi connectivity index (χ2n) is 7.70. The molecule has 0 bridgehead atoms. The van der Waals surface area contributed by atoms with Crippen molar-refractivity contribution in [3.05, 3.63) is 65.4 Å². The SMILES string of the molecule is CCCN(Cc1csc(-c2ncccn2)n1)C1CCCN(Cc2ccccc2)C1. The van der Waals surface area contributed by atoms with Crippen LogP contribution in [0.1, 0.15) is 37.4 Å². The van der Waals surface area contributed by atoms with E-state index in [4.69, 9.17) is 4.98 Å². The molecule has 152 valence electrons. The highest BCUT2D eigenvalue weighted by Gasteiger charge is 2.25. The molecule has 1 aliphatic heterocycles. The number of rotatable bonds is 8. The van der Waals surface area contributed by atoms with Gasteiger partial charge in [-0.15, -0.1) is 11.3 Å². The Morgan fingerprint density at radius 2 is 1.97 bits per heavy atom. The summed E-state index contributed by atoms with van der Waals surface area (Å²) >= 11 is 1.64. The van der Waals surface area contributed by atoms with Crippen LogP contribution in [0, 0.1) is 0 Å². The molecule has 3 aromatic rings. The molecule has 2 aromatic heterocycles. The van der Waals surface area contributed by atoms with Gasteiger partial charge in [-0.1, -0.05) is 37.3 Å². The molecule has 0 aliphatic carbocycles. The highest BCUT2D eigenvalue weighted by atomic mass is 32.1. The minimum atomic E-state index is 0.588. The zero-order valence-corrected chi connectivity index (χ0v) is 17.9. The lowest BCUT2D eigenvalue weighted by atomic mass is 10.0. The molecule has 1 aliphatic rings. The number of likely N-dealkylation sites (tertiary alicyclic amines) is 1. The first-order valence-corrected chi connectivity index (χ1v) is 11.4. The van der Waals surface area contributed by atoms with Crippen molar-refractivity contribution in [2.24, 2.45) is 0 Å². The lowest BCUT2D eigenvalue weighted by molar-refractivity contribution is 0.0869. The number of benzene rings is 1. The van der Waals surface area contributed by atoms with Gasteiger partial charge in [-0.25, -0.2) is 15.0 Å². The van der Waals surface area contributed by atoms with Gasteiger partial charge in [-0.2, -0.15) is 0 Å². The molecule has 5 nitrogen and oxygen atoms in total. The van der Waals surface area contributed by atoms with Gasteiger partial charge in [0.25, 0.3) is 0 Å². The smallest absolute Gasteiger partial charge is 0.188 e. The van der Waals surface area contributed by atoms with E-state index in [2.05, 4.69) is 62.4 Å². The fourth-order valence-corrected chi connectivity index (χ4v) is 4.85. The zero-order valence-electron chi connectivity index (χ0n) is 17.1. The molecule has 1 aromatic carbocycles. The number of thiazole rings is 1. The minimum Gasteiger partial charge on any atom is -0.298 e. The first-order chi connectivity index (χ1) is 14.3. The normalized spacial score (nSPS) is 17.7. The maximum absolute atomic E-state index is 4.82. The van der Waals surface area contributed by atoms with Crippen molar-refractivity contribution in [3.63, 3.8) is 0 Å². The molecule has 0 saturated carbocycles. The van der Waals surface area contributed by atoms with Crippen molar-refractivity contribution in [1.82, 2.24) is 24.8 Å². The maximum Gasteiger partial charge on any atom is 0.188 e. The predicted octanol–water partition coefficient (Wildman–Crippen LogP) is 4.48. The molecule has 1 fully saturated rings. The third kappa shape index (κ3) is 5.47. The molecule has 3 heterocycles. The van der Waals surface area contributed by atoms with Crippen molar-refractivity contribution in [3.8, 4) is 10.8 Å². The van der Waals surface area contributed by atoms with E-state index in [1.807, 2.05) is 6.07 Å². The highest BCUT2D eigenvalue weighted by Crippen LogP contribution is 2.24. The van der Waals surface area contributed by atoms with Crippen molar-refractivity contribution < 1.29 is 0 Å². The van der Waals surface area contributed by atoms with Crippen LogP contribution in [0.5, 0.6) is 0 Å². The van der Waals surface area contributed by atoms with Crippen LogP contribution in [-0.4, -0.2) is 50.4 Å². The Labute approximate surface area is 177 Å². The third-order valence-electron chi connectivity index (χ3n) is 5.43. The highest BCUT2D eigenvalue weighted by molar-refractivity contribution is 7.13. The third-order valence-corrected chi connectivity index (χ3v) is 6.32. The monoisotopic (exact) mass is 407 g/mol. The summed E-state index contributed by atoms with van der Waals surface area (Å²) in [5, 5.41) is 3.07. The Bertz CT molecular complexity index is 867. The quantitative estimate of drug-likeness (QED) is 0.551. The molecule has 1 unspecified atom stereocenters. The summed E-state index contributed by atoms with van der Waals surface area (Å²) in [4.78, 5) is 18.7. The van der Waals surface area contributed by atoms with E-state index in [1.165, 1.54) is 24.9 Å². The van der Waals surface area contributed by atoms with Gasteiger partial charge >= 0.3 is 0 Å². The van der Waals surface area contributed by atoms with Gasteiger partial charge in [0.1, 0.15) is 0 Å². The second kappa shape index (κ2) is 10.1. The van der Waals surface area contributed by atoms with E-state index in [-0.39, 0.29) is 0 Å². The second-order valence-corrected chi connectivity index (χ2v) is 8.56. The first-order valence-electron chi connectivity index (χ1n) is 10.5. The Balaban J connectivity index is 1.41. The van der Waals surface area contributed by atoms with Crippen LogP contribution in [0.25, 0.3) is 10.8 Å². The van der Waals surface area contributed by atoms with Crippen LogP contribution in [0.15, 0.2) is 54.2 Å². The van der Waals surface area contributed by atoms with Gasteiger partial charge < -0.3 is 0 Å². The van der Waals surface area contributed by atoms with Crippen LogP contribution >= 0.6 is 11.3 Å². The molecule has 0 radical (unpaired) electrons. The zero-order chi connectivity index (χ0) is 19.9. The Hall–Kier alpha value is -2.15. The Kier molecular flexibility index (Phi) is 6.98. The molecule has 4 rings (SSSR count). The summed E-state index contributed by atoms with van der Waals surface area (Å²) in [6.07, 6.45) is 7.24. The average Bonchev–Trinajstić information content (AvgIpc) is 3.24. The molecule has 1 saturated heterocycles. The fraction of sp³-hybridized carbons (Fsp3) is 0.435. The summed E-state index contributed by atoms with van der Waals surface area (Å²) in [5.74, 6) is 0.720. The topological polar surface area (TPSA) is 45.2 Å². The van der Waals surface area contributed by atoms with Crippen molar-refractivity contribution in [2.45, 2.75) is 45.3 Å². The van der Waals surface area contributed by atoms with Gasteiger partial charge in [-0.05, 0) is 44.0 Å². The predicted molar refractivity (Wildman–Crippen MR) is 119 cm³/mol. The van der Waals surface area contributed by atoms with Crippen molar-refractivity contribution in [1.29, 1.82) is 0 Å². The van der Waals surface area contributed by atoms with Crippen LogP contribution in [-0.2, 0) is 13.1 Å². The van der Waals surface area contributed by atoms with E-state index in [9.17, 15) is 0 Å². The largest absolute Gasteiger partial charge is 0.298 e. The van der Waals surface area contributed by atoms with Gasteiger partial charge in [0.15, 0.2) is 10.8 Å². The van der Waals surface area contributed by atoms with E-state index in [0.29, 0.717) is 6.04 Å². The summed E-state index contributed by atoms with van der Waals surface area (Å²) in [7, 11) is 0. The maximum atomic E-state index is 4.82. The Morgan fingerprint density at radius 1 is 1.14 bits per heavy atom. The number of piperidine rings is 1. The summed E-state index contributed by atoms with van der Waals surface area (Å²) in [6, 6.07) is 13.3. The van der Waals surface area contributed by atoms with Crippen molar-refractivity contribution >= 4 is 11.3 Å². The average molecular weight is 408 g/mol. The molecule has 1 atom stereocenters. The standard InChI is InChI=1S/C23H29N5S/c1-2-13-28(16-20-18-29-23(26-20)22-24-11-7-12-25-22)21-10-6-14-27(17-21)15-19-8-4-3-5-9-19/h3-5,7-9,11-12,18,21H,2,6,10,13-17H2,1H3. The fourth-order valence-electron chi connectivity index (χ4n) is 4.09. The first kappa shape index (κ1) is 20.1. The van der Waals surface area contributed by atoms with Crippen molar-refractivity contribution in [2.75, 3.05) is 19.6 Å². The van der Waals surface area contributed by atoms with E-state index in [0.717, 1.165) is 49.1 Å². The number of hydrogen-bond donors (Lipinski definition) is 0. The molecular weight excluding hydrogens is 378 g/mol. The number of aromatic nitrogens is 3. The van der Waals surface area contributed by atoms with Crippen LogP contribution in [0.2, 0.25) is 0 Å². The van der Waals surface area contributed by atoms with E-state index < -0.39 is 0 Å². The van der Waals surface area contributed by atoms with E-state index >= 15 is 0 Å². The minimum absolute atomic E-state index is 0.588. The lowest BCUT2D eigenvalue weighted by Crippen LogP contribution is -2.47. The summed E-state index contributed by atoms with van der Waals surface area (Å²) in [6.45, 7) is 7.65. The van der Waals surface area contributed by atoms with Gasteiger partial charge in [0.2, 0.25) is 0 Å². The lowest BCUT2D eigenvalue weighted by Gasteiger charge is -2.39. The van der Waals surface area contributed by atoms with Gasteiger partial charge in [0.05, 0.1) is 5.69 Å². The van der Waals surface area contributed by atoms with Crippen LogP contribution < -0.4 is 0 Å². The summed E-state index contributed by atoms with van der Waals surface area (Å²) in [5.41, 5.74) is 2.54. The van der Waals surface area contributed by atoms with E-state index in [1.54, 1.807) is 23.7 Å². The van der Waals surface area contributed by atoms with Crippen LogP contribution in [0.3, 0.4) is 0 Å². The molecule has 0 N–H and O–H groups in total. The van der Waals surface area contributed by atoms with Gasteiger partial charge in [0, 0.05) is 43.4 Å². The summed E-state index contributed by atoms with van der Waals surface area (Å²) < 4.78 is 0. The van der Waals surface area contributed by atoms with Crippen LogP contribution in [0.4, 0.5) is 0 Å². The number of nitrogens with zero attached hydrogens (tertiary/aromatic N) is 5. The number of hydrogen-bond acceptors (Lipinski definition) is 6. The Morgan fingerprint density at radius 3 is 2.76 bits per heavy atom. The molecule has 29 heavy (non-hydrogen) atoms. The molecular formula is C23H29N5S. The molecule has 6 heteroatoms.